The molecule has 1 saturated heterocycles. The molecule has 2 aromatic rings. The highest BCUT2D eigenvalue weighted by Gasteiger charge is 2.52. The topological polar surface area (TPSA) is 66.1 Å². The molecule has 2 fully saturated rings. The van der Waals surface area contributed by atoms with Gasteiger partial charge in [-0.3, -0.25) is 14.6 Å². The van der Waals surface area contributed by atoms with Crippen LogP contribution in [-0.4, -0.2) is 33.9 Å². The number of rotatable bonds is 2. The molecule has 0 unspecified atom stereocenters. The molecular weight excluding hydrogens is 309 g/mol. The van der Waals surface area contributed by atoms with E-state index < -0.39 is 0 Å². The molecule has 0 radical (unpaired) electrons. The number of nitrogens with one attached hydrogen (secondary N) is 1. The quantitative estimate of drug-likeness (QED) is 0.920. The number of aromatic amines is 1. The molecule has 2 aliphatic rings. The van der Waals surface area contributed by atoms with E-state index in [2.05, 4.69) is 9.97 Å². The van der Waals surface area contributed by atoms with Gasteiger partial charge in [0.1, 0.15) is 11.5 Å². The van der Waals surface area contributed by atoms with E-state index in [1.807, 2.05) is 12.1 Å². The summed E-state index contributed by atoms with van der Waals surface area (Å²) in [6.07, 6.45) is 5.84. The minimum Gasteiger partial charge on any atom is -0.336 e. The number of hydrogen-bond acceptors (Lipinski definition) is 3. The Morgan fingerprint density at radius 3 is 2.62 bits per heavy atom. The molecule has 0 bridgehead atoms. The largest absolute Gasteiger partial charge is 0.336 e. The number of carbonyl (C=O) groups excluding carboxylic acids is 1. The average Bonchev–Trinajstić information content (AvgIpc) is 2.96. The van der Waals surface area contributed by atoms with Crippen LogP contribution in [0.5, 0.6) is 0 Å². The highest BCUT2D eigenvalue weighted by atomic mass is 19.1. The maximum absolute atomic E-state index is 13.2. The zero-order chi connectivity index (χ0) is 16.7. The van der Waals surface area contributed by atoms with Crippen molar-refractivity contribution in [3.8, 4) is 0 Å². The second-order valence-electron chi connectivity index (χ2n) is 6.82. The van der Waals surface area contributed by atoms with Crippen molar-refractivity contribution in [2.45, 2.75) is 25.2 Å². The number of carbonyl (C=O) groups is 1. The highest BCUT2D eigenvalue weighted by molar-refractivity contribution is 5.92. The van der Waals surface area contributed by atoms with Crippen LogP contribution in [0.3, 0.4) is 0 Å². The maximum atomic E-state index is 13.2. The average molecular weight is 327 g/mol. The number of hydrogen-bond donors (Lipinski definition) is 1. The fourth-order valence-electron chi connectivity index (χ4n) is 4.07. The minimum atomic E-state index is -0.381. The second-order valence-corrected chi connectivity index (χ2v) is 6.82. The first kappa shape index (κ1) is 15.1. The van der Waals surface area contributed by atoms with E-state index in [4.69, 9.17) is 0 Å². The van der Waals surface area contributed by atoms with Gasteiger partial charge in [-0.2, -0.15) is 0 Å². The molecule has 124 valence electrons. The first-order chi connectivity index (χ1) is 11.6. The van der Waals surface area contributed by atoms with Crippen LogP contribution in [0.4, 0.5) is 4.39 Å². The third kappa shape index (κ3) is 2.42. The van der Waals surface area contributed by atoms with Crippen molar-refractivity contribution in [2.75, 3.05) is 13.1 Å². The molecule has 1 atom stereocenters. The standard InChI is InChI=1S/C18H18FN3O2/c19-13-4-2-12(3-5-13)14-10-22(11-18(14)6-1-7-18)17(24)15-8-20-9-16(23)21-15/h2-5,8-9,14H,1,6-7,10-11H2,(H,21,23)/t14-/m0/s1. The third-order valence-electron chi connectivity index (χ3n) is 5.44. The predicted octanol–water partition coefficient (Wildman–Crippen LogP) is 2.32. The molecule has 1 saturated carbocycles. The molecule has 24 heavy (non-hydrogen) atoms. The lowest BCUT2D eigenvalue weighted by atomic mass is 9.61. The van der Waals surface area contributed by atoms with Crippen molar-refractivity contribution in [1.82, 2.24) is 14.9 Å². The second kappa shape index (κ2) is 5.54. The lowest BCUT2D eigenvalue weighted by Gasteiger charge is -2.43. The predicted molar refractivity (Wildman–Crippen MR) is 86.2 cm³/mol. The summed E-state index contributed by atoms with van der Waals surface area (Å²) in [4.78, 5) is 32.3. The fourth-order valence-corrected chi connectivity index (χ4v) is 4.07. The molecule has 5 nitrogen and oxygen atoms in total. The van der Waals surface area contributed by atoms with Gasteiger partial charge >= 0.3 is 0 Å². The summed E-state index contributed by atoms with van der Waals surface area (Å²) in [5, 5.41) is 0. The summed E-state index contributed by atoms with van der Waals surface area (Å²) in [6, 6.07) is 6.59. The lowest BCUT2D eigenvalue weighted by molar-refractivity contribution is 0.0719. The van der Waals surface area contributed by atoms with E-state index in [-0.39, 0.29) is 34.3 Å². The smallest absolute Gasteiger partial charge is 0.272 e. The Balaban J connectivity index is 1.62. The van der Waals surface area contributed by atoms with E-state index in [0.29, 0.717) is 13.1 Å². The number of halogens is 1. The van der Waals surface area contributed by atoms with Gasteiger partial charge in [-0.05, 0) is 36.0 Å². The summed E-state index contributed by atoms with van der Waals surface area (Å²) in [5.74, 6) is -0.240. The summed E-state index contributed by atoms with van der Waals surface area (Å²) >= 11 is 0. The molecule has 6 heteroatoms. The summed E-state index contributed by atoms with van der Waals surface area (Å²) in [6.45, 7) is 1.26. The SMILES string of the molecule is O=C(c1cncc(=O)[nH]1)N1C[C@@H](c2ccc(F)cc2)C2(CCC2)C1. The van der Waals surface area contributed by atoms with Crippen molar-refractivity contribution in [3.63, 3.8) is 0 Å². The van der Waals surface area contributed by atoms with Crippen LogP contribution in [0.25, 0.3) is 0 Å². The number of aromatic nitrogens is 2. The van der Waals surface area contributed by atoms with Crippen molar-refractivity contribution in [2.24, 2.45) is 5.41 Å². The molecule has 2 heterocycles. The Morgan fingerprint density at radius 2 is 2.00 bits per heavy atom. The Hall–Kier alpha value is -2.50. The van der Waals surface area contributed by atoms with Crippen LogP contribution in [0.15, 0.2) is 41.5 Å². The molecule has 1 aliphatic carbocycles. The van der Waals surface area contributed by atoms with Crippen LogP contribution in [0.2, 0.25) is 0 Å². The highest BCUT2D eigenvalue weighted by Crippen LogP contribution is 2.55. The Labute approximate surface area is 138 Å². The van der Waals surface area contributed by atoms with Gasteiger partial charge in [0.2, 0.25) is 0 Å². The number of likely N-dealkylation sites (tertiary alicyclic amines) is 1. The van der Waals surface area contributed by atoms with Crippen LogP contribution in [0.1, 0.15) is 41.2 Å². The van der Waals surface area contributed by atoms with Crippen molar-refractivity contribution in [1.29, 1.82) is 0 Å². The summed E-state index contributed by atoms with van der Waals surface area (Å²) in [7, 11) is 0. The van der Waals surface area contributed by atoms with Gasteiger partial charge in [-0.25, -0.2) is 4.39 Å². The van der Waals surface area contributed by atoms with Gasteiger partial charge in [-0.1, -0.05) is 18.6 Å². The van der Waals surface area contributed by atoms with Gasteiger partial charge in [0.15, 0.2) is 0 Å². The summed E-state index contributed by atoms with van der Waals surface area (Å²) in [5.41, 5.74) is 0.993. The number of nitrogens with zero attached hydrogens (tertiary/aromatic N) is 2. The zero-order valence-corrected chi connectivity index (χ0v) is 13.2. The van der Waals surface area contributed by atoms with Crippen LogP contribution >= 0.6 is 0 Å². The first-order valence-corrected chi connectivity index (χ1v) is 8.16. The molecule has 1 spiro atoms. The van der Waals surface area contributed by atoms with E-state index in [1.54, 1.807) is 4.90 Å². The van der Waals surface area contributed by atoms with Gasteiger partial charge in [0.05, 0.1) is 12.4 Å². The van der Waals surface area contributed by atoms with Crippen LogP contribution in [-0.2, 0) is 0 Å². The number of amides is 1. The summed E-state index contributed by atoms with van der Waals surface area (Å²) < 4.78 is 13.2. The van der Waals surface area contributed by atoms with E-state index in [1.165, 1.54) is 18.3 Å². The number of H-pyrrole nitrogens is 1. The molecule has 1 aromatic carbocycles. The normalized spacial score (nSPS) is 21.7. The van der Waals surface area contributed by atoms with Crippen molar-refractivity contribution in [3.05, 3.63) is 64.1 Å². The van der Waals surface area contributed by atoms with E-state index in [0.717, 1.165) is 31.0 Å². The van der Waals surface area contributed by atoms with Crippen LogP contribution in [0, 0.1) is 11.2 Å². The molecule has 4 rings (SSSR count). The zero-order valence-electron chi connectivity index (χ0n) is 13.2. The van der Waals surface area contributed by atoms with Gasteiger partial charge in [0, 0.05) is 19.0 Å². The molecule has 1 N–H and O–H groups in total. The third-order valence-corrected chi connectivity index (χ3v) is 5.44. The molecular formula is C18H18FN3O2. The van der Waals surface area contributed by atoms with E-state index >= 15 is 0 Å². The van der Waals surface area contributed by atoms with Crippen molar-refractivity contribution < 1.29 is 9.18 Å². The van der Waals surface area contributed by atoms with Crippen molar-refractivity contribution >= 4 is 5.91 Å². The van der Waals surface area contributed by atoms with Crippen LogP contribution < -0.4 is 5.56 Å². The van der Waals surface area contributed by atoms with Gasteiger partial charge < -0.3 is 9.88 Å². The maximum Gasteiger partial charge on any atom is 0.272 e. The lowest BCUT2D eigenvalue weighted by Crippen LogP contribution is -2.38. The fraction of sp³-hybridized carbons (Fsp3) is 0.389. The van der Waals surface area contributed by atoms with Gasteiger partial charge in [0.25, 0.3) is 11.5 Å². The molecule has 1 aromatic heterocycles. The molecule has 1 amide bonds. The Kier molecular flexibility index (Phi) is 3.48. The minimum absolute atomic E-state index is 0.0794. The van der Waals surface area contributed by atoms with Gasteiger partial charge in [-0.15, -0.1) is 0 Å². The number of benzene rings is 1. The van der Waals surface area contributed by atoms with E-state index in [9.17, 15) is 14.0 Å². The monoisotopic (exact) mass is 327 g/mol. The Bertz CT molecular complexity index is 827. The molecule has 1 aliphatic heterocycles. The first-order valence-electron chi connectivity index (χ1n) is 8.16. The Morgan fingerprint density at radius 1 is 1.25 bits per heavy atom.